The molecule has 0 unspecified atom stereocenters. The zero-order chi connectivity index (χ0) is 12.3. The molecular formula is C14H15NOS. The fourth-order valence-corrected chi connectivity index (χ4v) is 2.64. The minimum atomic E-state index is -0.491. The number of aromatic nitrogens is 1. The summed E-state index contributed by atoms with van der Waals surface area (Å²) < 4.78 is 0. The number of aliphatic hydroxyl groups excluding tert-OH is 1. The molecule has 2 rings (SSSR count). The second kappa shape index (κ2) is 5.34. The Morgan fingerprint density at radius 2 is 1.94 bits per heavy atom. The summed E-state index contributed by atoms with van der Waals surface area (Å²) in [5, 5.41) is 10.6. The van der Waals surface area contributed by atoms with Crippen LogP contribution in [0, 0.1) is 6.92 Å². The molecule has 1 heterocycles. The topological polar surface area (TPSA) is 33.1 Å². The molecule has 1 aromatic carbocycles. The van der Waals surface area contributed by atoms with Gasteiger partial charge in [-0.05, 0) is 31.5 Å². The van der Waals surface area contributed by atoms with Gasteiger partial charge < -0.3 is 5.11 Å². The lowest BCUT2D eigenvalue weighted by Crippen LogP contribution is -1.96. The van der Waals surface area contributed by atoms with Gasteiger partial charge in [0.15, 0.2) is 0 Å². The Bertz CT molecular complexity index is 511. The highest BCUT2D eigenvalue weighted by Gasteiger charge is 2.10. The van der Waals surface area contributed by atoms with Crippen LogP contribution < -0.4 is 0 Å². The Morgan fingerprint density at radius 1 is 1.18 bits per heavy atom. The first-order valence-corrected chi connectivity index (χ1v) is 6.36. The highest BCUT2D eigenvalue weighted by molar-refractivity contribution is 7.99. The highest BCUT2D eigenvalue weighted by atomic mass is 32.2. The molecule has 1 atom stereocenters. The summed E-state index contributed by atoms with van der Waals surface area (Å²) in [6.07, 6.45) is 1.27. The molecule has 0 aliphatic rings. The summed E-state index contributed by atoms with van der Waals surface area (Å²) in [6.45, 7) is 3.84. The number of hydrogen-bond donors (Lipinski definition) is 1. The summed E-state index contributed by atoms with van der Waals surface area (Å²) >= 11 is 1.60. The first-order chi connectivity index (χ1) is 8.18. The number of benzene rings is 1. The third kappa shape index (κ3) is 2.87. The van der Waals surface area contributed by atoms with E-state index in [0.717, 1.165) is 10.6 Å². The van der Waals surface area contributed by atoms with Gasteiger partial charge in [-0.15, -0.1) is 0 Å². The normalized spacial score (nSPS) is 12.4. The van der Waals surface area contributed by atoms with Gasteiger partial charge >= 0.3 is 0 Å². The minimum absolute atomic E-state index is 0.491. The van der Waals surface area contributed by atoms with Crippen LogP contribution in [0.2, 0.25) is 0 Å². The lowest BCUT2D eigenvalue weighted by molar-refractivity contribution is 0.195. The van der Waals surface area contributed by atoms with E-state index in [1.807, 2.05) is 24.3 Å². The molecule has 88 valence electrons. The van der Waals surface area contributed by atoms with E-state index >= 15 is 0 Å². The standard InChI is InChI=1S/C14H15NOS/c1-10-6-3-4-8-13(10)17-14-12(11(2)16)7-5-9-15-14/h3-9,11,16H,1-2H3/t11-/m0/s1. The molecule has 0 spiro atoms. The maximum absolute atomic E-state index is 9.70. The number of hydrogen-bond acceptors (Lipinski definition) is 3. The zero-order valence-electron chi connectivity index (χ0n) is 9.92. The van der Waals surface area contributed by atoms with Gasteiger partial charge in [-0.1, -0.05) is 36.0 Å². The van der Waals surface area contributed by atoms with Gasteiger partial charge in [0.25, 0.3) is 0 Å². The van der Waals surface area contributed by atoms with Crippen LogP contribution in [-0.4, -0.2) is 10.1 Å². The van der Waals surface area contributed by atoms with E-state index in [9.17, 15) is 5.11 Å². The monoisotopic (exact) mass is 245 g/mol. The second-order valence-corrected chi connectivity index (χ2v) is 4.97. The number of aliphatic hydroxyl groups is 1. The van der Waals surface area contributed by atoms with Crippen molar-refractivity contribution < 1.29 is 5.11 Å². The Hall–Kier alpha value is -1.32. The predicted octanol–water partition coefficient (Wildman–Crippen LogP) is 3.59. The van der Waals surface area contributed by atoms with Crippen LogP contribution in [0.3, 0.4) is 0 Å². The number of aryl methyl sites for hydroxylation is 1. The average molecular weight is 245 g/mol. The molecule has 2 nitrogen and oxygen atoms in total. The molecule has 0 bridgehead atoms. The molecule has 0 amide bonds. The Morgan fingerprint density at radius 3 is 2.65 bits per heavy atom. The van der Waals surface area contributed by atoms with E-state index in [-0.39, 0.29) is 0 Å². The summed E-state index contributed by atoms with van der Waals surface area (Å²) in [6, 6.07) is 11.9. The van der Waals surface area contributed by atoms with Crippen molar-refractivity contribution in [2.24, 2.45) is 0 Å². The molecule has 3 heteroatoms. The number of rotatable bonds is 3. The van der Waals surface area contributed by atoms with Crippen LogP contribution in [0.4, 0.5) is 0 Å². The van der Waals surface area contributed by atoms with Gasteiger partial charge in [0.2, 0.25) is 0 Å². The molecule has 1 N–H and O–H groups in total. The molecule has 0 fully saturated rings. The van der Waals surface area contributed by atoms with Crippen LogP contribution in [0.1, 0.15) is 24.2 Å². The predicted molar refractivity (Wildman–Crippen MR) is 70.2 cm³/mol. The number of nitrogens with zero attached hydrogens (tertiary/aromatic N) is 1. The third-order valence-corrected chi connectivity index (χ3v) is 3.76. The molecular weight excluding hydrogens is 230 g/mol. The summed E-state index contributed by atoms with van der Waals surface area (Å²) in [5.41, 5.74) is 2.10. The SMILES string of the molecule is Cc1ccccc1Sc1ncccc1[C@H](C)O. The van der Waals surface area contributed by atoms with Crippen LogP contribution in [0.25, 0.3) is 0 Å². The molecule has 0 saturated heterocycles. The molecule has 0 saturated carbocycles. The maximum atomic E-state index is 9.70. The fourth-order valence-electron chi connectivity index (χ4n) is 1.58. The molecule has 17 heavy (non-hydrogen) atoms. The average Bonchev–Trinajstić information content (AvgIpc) is 2.32. The summed E-state index contributed by atoms with van der Waals surface area (Å²) in [5.74, 6) is 0. The fraction of sp³-hybridized carbons (Fsp3) is 0.214. The molecule has 1 aromatic heterocycles. The first kappa shape index (κ1) is 12.1. The van der Waals surface area contributed by atoms with Crippen molar-refractivity contribution in [2.45, 2.75) is 29.9 Å². The summed E-state index contributed by atoms with van der Waals surface area (Å²) in [4.78, 5) is 5.51. The summed E-state index contributed by atoms with van der Waals surface area (Å²) in [7, 11) is 0. The Kier molecular flexibility index (Phi) is 3.82. The third-order valence-electron chi connectivity index (χ3n) is 2.55. The Balaban J connectivity index is 2.34. The lowest BCUT2D eigenvalue weighted by atomic mass is 10.2. The second-order valence-electron chi connectivity index (χ2n) is 3.94. The van der Waals surface area contributed by atoms with Gasteiger partial charge in [0.1, 0.15) is 5.03 Å². The van der Waals surface area contributed by atoms with Crippen LogP contribution in [-0.2, 0) is 0 Å². The van der Waals surface area contributed by atoms with E-state index in [0.29, 0.717) is 0 Å². The molecule has 2 aromatic rings. The highest BCUT2D eigenvalue weighted by Crippen LogP contribution is 2.32. The largest absolute Gasteiger partial charge is 0.389 e. The number of pyridine rings is 1. The van der Waals surface area contributed by atoms with Crippen molar-refractivity contribution in [3.8, 4) is 0 Å². The van der Waals surface area contributed by atoms with Crippen molar-refractivity contribution in [1.29, 1.82) is 0 Å². The van der Waals surface area contributed by atoms with E-state index < -0.39 is 6.10 Å². The van der Waals surface area contributed by atoms with E-state index in [1.54, 1.807) is 24.9 Å². The van der Waals surface area contributed by atoms with Crippen molar-refractivity contribution in [3.63, 3.8) is 0 Å². The van der Waals surface area contributed by atoms with Crippen molar-refractivity contribution in [2.75, 3.05) is 0 Å². The van der Waals surface area contributed by atoms with Crippen LogP contribution in [0.15, 0.2) is 52.5 Å². The zero-order valence-corrected chi connectivity index (χ0v) is 10.7. The van der Waals surface area contributed by atoms with Gasteiger partial charge in [-0.2, -0.15) is 0 Å². The molecule has 0 aliphatic heterocycles. The quantitative estimate of drug-likeness (QED) is 0.897. The van der Waals surface area contributed by atoms with E-state index in [4.69, 9.17) is 0 Å². The van der Waals surface area contributed by atoms with E-state index in [2.05, 4.69) is 24.0 Å². The molecule has 0 radical (unpaired) electrons. The van der Waals surface area contributed by atoms with Gasteiger partial charge in [-0.3, -0.25) is 0 Å². The van der Waals surface area contributed by atoms with Crippen molar-refractivity contribution in [3.05, 3.63) is 53.7 Å². The van der Waals surface area contributed by atoms with Crippen molar-refractivity contribution >= 4 is 11.8 Å². The lowest BCUT2D eigenvalue weighted by Gasteiger charge is -2.11. The van der Waals surface area contributed by atoms with Gasteiger partial charge in [0.05, 0.1) is 6.10 Å². The van der Waals surface area contributed by atoms with Gasteiger partial charge in [0, 0.05) is 16.7 Å². The minimum Gasteiger partial charge on any atom is -0.389 e. The van der Waals surface area contributed by atoms with Crippen LogP contribution in [0.5, 0.6) is 0 Å². The van der Waals surface area contributed by atoms with Gasteiger partial charge in [-0.25, -0.2) is 4.98 Å². The van der Waals surface area contributed by atoms with Crippen molar-refractivity contribution in [1.82, 2.24) is 4.98 Å². The molecule has 0 aliphatic carbocycles. The Labute approximate surface area is 106 Å². The van der Waals surface area contributed by atoms with E-state index in [1.165, 1.54) is 10.5 Å². The first-order valence-electron chi connectivity index (χ1n) is 5.55. The maximum Gasteiger partial charge on any atom is 0.107 e. The van der Waals surface area contributed by atoms with Crippen LogP contribution >= 0.6 is 11.8 Å². The smallest absolute Gasteiger partial charge is 0.107 e.